The molecular formula is C8H15NO3S. The van der Waals surface area contributed by atoms with E-state index in [0.29, 0.717) is 5.75 Å². The maximum atomic E-state index is 11.4. The van der Waals surface area contributed by atoms with Crippen molar-refractivity contribution in [1.29, 1.82) is 0 Å². The van der Waals surface area contributed by atoms with Gasteiger partial charge in [0.05, 0.1) is 0 Å². The van der Waals surface area contributed by atoms with Crippen LogP contribution in [0.2, 0.25) is 0 Å². The fraction of sp³-hybridized carbons (Fsp3) is 0.750. The number of carboxylic acid groups (broad SMARTS) is 1. The average Bonchev–Trinajstić information content (AvgIpc) is 2.12. The van der Waals surface area contributed by atoms with Crippen molar-refractivity contribution in [3.05, 3.63) is 0 Å². The van der Waals surface area contributed by atoms with Crippen LogP contribution >= 0.6 is 12.6 Å². The summed E-state index contributed by atoms with van der Waals surface area (Å²) in [7, 11) is 1.49. The molecule has 2 unspecified atom stereocenters. The van der Waals surface area contributed by atoms with E-state index in [1.807, 2.05) is 0 Å². The summed E-state index contributed by atoms with van der Waals surface area (Å²) in [5.74, 6) is -1.00. The number of likely N-dealkylation sites (N-methyl/N-ethyl adjacent to an activating group) is 1. The quantitative estimate of drug-likeness (QED) is 0.656. The molecule has 0 aliphatic heterocycles. The van der Waals surface area contributed by atoms with E-state index in [-0.39, 0.29) is 11.8 Å². The largest absolute Gasteiger partial charge is 0.480 e. The molecule has 5 heteroatoms. The number of rotatable bonds is 4. The van der Waals surface area contributed by atoms with E-state index in [0.717, 1.165) is 0 Å². The molecule has 0 radical (unpaired) electrons. The van der Waals surface area contributed by atoms with Gasteiger partial charge < -0.3 is 10.0 Å². The molecule has 0 aliphatic carbocycles. The number of carboxylic acids is 1. The minimum Gasteiger partial charge on any atom is -0.480 e. The zero-order valence-electron chi connectivity index (χ0n) is 8.02. The van der Waals surface area contributed by atoms with E-state index in [2.05, 4.69) is 12.6 Å². The molecule has 0 saturated heterocycles. The zero-order chi connectivity index (χ0) is 10.6. The van der Waals surface area contributed by atoms with E-state index in [9.17, 15) is 9.59 Å². The maximum Gasteiger partial charge on any atom is 0.326 e. The van der Waals surface area contributed by atoms with E-state index >= 15 is 0 Å². The average molecular weight is 205 g/mol. The fourth-order valence-electron chi connectivity index (χ4n) is 0.782. The number of aliphatic carboxylic acids is 1. The second kappa shape index (κ2) is 5.11. The highest BCUT2D eigenvalue weighted by molar-refractivity contribution is 7.80. The Morgan fingerprint density at radius 3 is 2.23 bits per heavy atom. The van der Waals surface area contributed by atoms with Crippen molar-refractivity contribution in [1.82, 2.24) is 4.90 Å². The van der Waals surface area contributed by atoms with E-state index in [1.54, 1.807) is 6.92 Å². The molecule has 1 amide bonds. The van der Waals surface area contributed by atoms with Gasteiger partial charge in [0, 0.05) is 18.7 Å². The lowest BCUT2D eigenvalue weighted by molar-refractivity contribution is -0.149. The van der Waals surface area contributed by atoms with Crippen molar-refractivity contribution in [3.8, 4) is 0 Å². The summed E-state index contributed by atoms with van der Waals surface area (Å²) < 4.78 is 0. The Hall–Kier alpha value is -0.710. The smallest absolute Gasteiger partial charge is 0.326 e. The highest BCUT2D eigenvalue weighted by Crippen LogP contribution is 2.06. The SMILES string of the molecule is CC(CS)C(=O)N(C)C(C)C(=O)O. The Labute approximate surface area is 83.3 Å². The van der Waals surface area contributed by atoms with Crippen molar-refractivity contribution in [2.45, 2.75) is 19.9 Å². The Kier molecular flexibility index (Phi) is 4.83. The lowest BCUT2D eigenvalue weighted by Crippen LogP contribution is -2.43. The first kappa shape index (κ1) is 12.3. The molecule has 0 bridgehead atoms. The van der Waals surface area contributed by atoms with Gasteiger partial charge in [-0.15, -0.1) is 0 Å². The molecule has 0 heterocycles. The first-order valence-electron chi connectivity index (χ1n) is 4.02. The number of nitrogens with zero attached hydrogens (tertiary/aromatic N) is 1. The number of hydrogen-bond donors (Lipinski definition) is 2. The summed E-state index contributed by atoms with van der Waals surface area (Å²) in [5.41, 5.74) is 0. The molecule has 76 valence electrons. The van der Waals surface area contributed by atoms with E-state index < -0.39 is 12.0 Å². The molecule has 4 nitrogen and oxygen atoms in total. The molecule has 0 aromatic carbocycles. The zero-order valence-corrected chi connectivity index (χ0v) is 8.91. The first-order chi connectivity index (χ1) is 5.91. The van der Waals surface area contributed by atoms with Crippen LogP contribution in [-0.2, 0) is 9.59 Å². The van der Waals surface area contributed by atoms with Gasteiger partial charge in [-0.05, 0) is 6.92 Å². The highest BCUT2D eigenvalue weighted by Gasteiger charge is 2.24. The summed E-state index contributed by atoms with van der Waals surface area (Å²) in [5, 5.41) is 8.64. The number of carbonyl (C=O) groups is 2. The van der Waals surface area contributed by atoms with Crippen molar-refractivity contribution in [2.75, 3.05) is 12.8 Å². The van der Waals surface area contributed by atoms with Gasteiger partial charge in [-0.3, -0.25) is 4.79 Å². The van der Waals surface area contributed by atoms with Gasteiger partial charge in [0.2, 0.25) is 5.91 Å². The second-order valence-corrected chi connectivity index (χ2v) is 3.41. The van der Waals surface area contributed by atoms with Gasteiger partial charge in [0.15, 0.2) is 0 Å². The van der Waals surface area contributed by atoms with Gasteiger partial charge in [0.25, 0.3) is 0 Å². The molecule has 0 rings (SSSR count). The number of thiol groups is 1. The lowest BCUT2D eigenvalue weighted by Gasteiger charge is -2.24. The van der Waals surface area contributed by atoms with Crippen molar-refractivity contribution < 1.29 is 14.7 Å². The van der Waals surface area contributed by atoms with Gasteiger partial charge in [0.1, 0.15) is 6.04 Å². The van der Waals surface area contributed by atoms with Crippen LogP contribution in [0.3, 0.4) is 0 Å². The van der Waals surface area contributed by atoms with Crippen LogP contribution in [0.5, 0.6) is 0 Å². The van der Waals surface area contributed by atoms with Crippen LogP contribution in [0.1, 0.15) is 13.8 Å². The van der Waals surface area contributed by atoms with E-state index in [1.165, 1.54) is 18.9 Å². The van der Waals surface area contributed by atoms with Crippen LogP contribution < -0.4 is 0 Å². The number of carbonyl (C=O) groups excluding carboxylic acids is 1. The first-order valence-corrected chi connectivity index (χ1v) is 4.65. The van der Waals surface area contributed by atoms with E-state index in [4.69, 9.17) is 5.11 Å². The minimum atomic E-state index is -0.998. The molecular weight excluding hydrogens is 190 g/mol. The van der Waals surface area contributed by atoms with Crippen molar-refractivity contribution >= 4 is 24.5 Å². The van der Waals surface area contributed by atoms with Crippen LogP contribution in [0.15, 0.2) is 0 Å². The van der Waals surface area contributed by atoms with Gasteiger partial charge >= 0.3 is 5.97 Å². The molecule has 13 heavy (non-hydrogen) atoms. The summed E-state index contributed by atoms with van der Waals surface area (Å²) >= 11 is 3.97. The topological polar surface area (TPSA) is 57.6 Å². The number of hydrogen-bond acceptors (Lipinski definition) is 3. The van der Waals surface area contributed by atoms with Gasteiger partial charge in [-0.2, -0.15) is 12.6 Å². The molecule has 1 N–H and O–H groups in total. The van der Waals surface area contributed by atoms with Crippen molar-refractivity contribution in [3.63, 3.8) is 0 Å². The minimum absolute atomic E-state index is 0.190. The summed E-state index contributed by atoms with van der Waals surface area (Å²) in [4.78, 5) is 23.2. The highest BCUT2D eigenvalue weighted by atomic mass is 32.1. The maximum absolute atomic E-state index is 11.4. The molecule has 0 saturated carbocycles. The standard InChI is InChI=1S/C8H15NO3S/c1-5(4-13)7(10)9(3)6(2)8(11)12/h5-6,13H,4H2,1-3H3,(H,11,12). The molecule has 0 aromatic heterocycles. The Balaban J connectivity index is 4.33. The van der Waals surface area contributed by atoms with Crippen LogP contribution in [0.25, 0.3) is 0 Å². The summed E-state index contributed by atoms with van der Waals surface area (Å²) in [6.45, 7) is 3.20. The third-order valence-corrected chi connectivity index (χ3v) is 2.53. The Morgan fingerprint density at radius 2 is 1.92 bits per heavy atom. The van der Waals surface area contributed by atoms with Crippen LogP contribution in [0, 0.1) is 5.92 Å². The number of amides is 1. The fourth-order valence-corrected chi connectivity index (χ4v) is 0.938. The second-order valence-electron chi connectivity index (χ2n) is 3.05. The normalized spacial score (nSPS) is 14.8. The van der Waals surface area contributed by atoms with Crippen LogP contribution in [0.4, 0.5) is 0 Å². The molecule has 0 fully saturated rings. The lowest BCUT2D eigenvalue weighted by atomic mass is 10.1. The van der Waals surface area contributed by atoms with Crippen LogP contribution in [-0.4, -0.2) is 40.7 Å². The molecule has 0 spiro atoms. The monoisotopic (exact) mass is 205 g/mol. The van der Waals surface area contributed by atoms with Gasteiger partial charge in [-0.1, -0.05) is 6.92 Å². The van der Waals surface area contributed by atoms with Gasteiger partial charge in [-0.25, -0.2) is 4.79 Å². The Bertz CT molecular complexity index is 208. The molecule has 0 aliphatic rings. The predicted molar refractivity (Wildman–Crippen MR) is 52.9 cm³/mol. The Morgan fingerprint density at radius 1 is 1.46 bits per heavy atom. The summed E-state index contributed by atoms with van der Waals surface area (Å²) in [6.07, 6.45) is 0. The summed E-state index contributed by atoms with van der Waals surface area (Å²) in [6, 6.07) is -0.783. The molecule has 0 aromatic rings. The third-order valence-electron chi connectivity index (χ3n) is 1.98. The third kappa shape index (κ3) is 3.26. The molecule has 2 atom stereocenters. The predicted octanol–water partition coefficient (Wildman–Crippen LogP) is 0.484. The van der Waals surface area contributed by atoms with Crippen molar-refractivity contribution in [2.24, 2.45) is 5.92 Å².